The van der Waals surface area contributed by atoms with Crippen molar-refractivity contribution in [2.45, 2.75) is 51.4 Å². The number of carbonyl (C=O) groups excluding carboxylic acids is 1. The number of alkyl halides is 3. The van der Waals surface area contributed by atoms with Gasteiger partial charge in [0, 0.05) is 48.2 Å². The Morgan fingerprint density at radius 1 is 1.23 bits per heavy atom. The predicted molar refractivity (Wildman–Crippen MR) is 110 cm³/mol. The van der Waals surface area contributed by atoms with Gasteiger partial charge in [-0.2, -0.15) is 13.2 Å². The van der Waals surface area contributed by atoms with Crippen LogP contribution in [0.5, 0.6) is 0 Å². The number of hydrogen-bond donors (Lipinski definition) is 1. The number of aliphatic carboxylic acids is 1. The van der Waals surface area contributed by atoms with Crippen molar-refractivity contribution >= 4 is 34.6 Å². The number of hydrogen-bond acceptors (Lipinski definition) is 7. The van der Waals surface area contributed by atoms with E-state index in [2.05, 4.69) is 21.8 Å². The SMILES string of the molecule is Cc1nc(C(=O)N2CCCC3(CCN3Cc3cnc(C)s3)C2)cs1.O=C(O)C(F)(F)F. The number of halogens is 3. The molecular weight excluding hydrogens is 453 g/mol. The van der Waals surface area contributed by atoms with Gasteiger partial charge in [0.25, 0.3) is 5.91 Å². The number of nitrogens with zero attached hydrogens (tertiary/aromatic N) is 4. The van der Waals surface area contributed by atoms with Crippen LogP contribution in [0.3, 0.4) is 0 Å². The van der Waals surface area contributed by atoms with Gasteiger partial charge in [0.05, 0.1) is 10.0 Å². The van der Waals surface area contributed by atoms with Crippen LogP contribution < -0.4 is 0 Å². The van der Waals surface area contributed by atoms with E-state index in [0.29, 0.717) is 5.69 Å². The Bertz CT molecular complexity index is 946. The Labute approximate surface area is 185 Å². The molecule has 7 nitrogen and oxygen atoms in total. The molecule has 2 aromatic rings. The third-order valence-corrected chi connectivity index (χ3v) is 7.13. The van der Waals surface area contributed by atoms with Crippen LogP contribution in [0.4, 0.5) is 13.2 Å². The zero-order valence-electron chi connectivity index (χ0n) is 17.1. The summed E-state index contributed by atoms with van der Waals surface area (Å²) < 4.78 is 31.7. The first kappa shape index (κ1) is 23.6. The van der Waals surface area contributed by atoms with Gasteiger partial charge in [0.1, 0.15) is 5.69 Å². The van der Waals surface area contributed by atoms with E-state index in [1.807, 2.05) is 23.4 Å². The topological polar surface area (TPSA) is 86.6 Å². The van der Waals surface area contributed by atoms with E-state index < -0.39 is 12.1 Å². The minimum absolute atomic E-state index is 0.0962. The number of piperidine rings is 1. The highest BCUT2D eigenvalue weighted by molar-refractivity contribution is 7.11. The highest BCUT2D eigenvalue weighted by Gasteiger charge is 2.48. The van der Waals surface area contributed by atoms with Crippen molar-refractivity contribution < 1.29 is 27.9 Å². The van der Waals surface area contributed by atoms with Crippen LogP contribution >= 0.6 is 22.7 Å². The molecule has 1 atom stereocenters. The van der Waals surface area contributed by atoms with E-state index in [0.717, 1.165) is 42.6 Å². The normalized spacial score (nSPS) is 21.4. The molecule has 2 aliphatic heterocycles. The maximum atomic E-state index is 12.8. The molecular formula is C19H23F3N4O3S2. The molecule has 0 saturated carbocycles. The lowest BCUT2D eigenvalue weighted by molar-refractivity contribution is -0.192. The van der Waals surface area contributed by atoms with Crippen molar-refractivity contribution in [1.29, 1.82) is 0 Å². The van der Waals surface area contributed by atoms with E-state index >= 15 is 0 Å². The number of rotatable bonds is 3. The molecule has 2 aliphatic rings. The molecule has 2 aromatic heterocycles. The first-order chi connectivity index (χ1) is 14.5. The van der Waals surface area contributed by atoms with Crippen LogP contribution in [0.2, 0.25) is 0 Å². The summed E-state index contributed by atoms with van der Waals surface area (Å²) in [5, 5.41) is 11.1. The smallest absolute Gasteiger partial charge is 0.475 e. The van der Waals surface area contributed by atoms with Gasteiger partial charge in [-0.05, 0) is 33.1 Å². The van der Waals surface area contributed by atoms with Crippen molar-refractivity contribution in [3.05, 3.63) is 32.2 Å². The van der Waals surface area contributed by atoms with Gasteiger partial charge in [-0.15, -0.1) is 22.7 Å². The number of likely N-dealkylation sites (tertiary alicyclic amines) is 2. The lowest BCUT2D eigenvalue weighted by Gasteiger charge is -2.57. The van der Waals surface area contributed by atoms with Crippen molar-refractivity contribution in [2.24, 2.45) is 0 Å². The molecule has 12 heteroatoms. The Hall–Kier alpha value is -2.05. The summed E-state index contributed by atoms with van der Waals surface area (Å²) in [6.45, 7) is 7.77. The molecule has 0 aromatic carbocycles. The molecule has 0 radical (unpaired) electrons. The predicted octanol–water partition coefficient (Wildman–Crippen LogP) is 3.73. The van der Waals surface area contributed by atoms with Crippen molar-refractivity contribution in [2.75, 3.05) is 19.6 Å². The van der Waals surface area contributed by atoms with Crippen molar-refractivity contribution in [3.8, 4) is 0 Å². The fraction of sp³-hybridized carbons (Fsp3) is 0.579. The van der Waals surface area contributed by atoms with E-state index in [9.17, 15) is 18.0 Å². The van der Waals surface area contributed by atoms with Gasteiger partial charge in [0.15, 0.2) is 0 Å². The Kier molecular flexibility index (Phi) is 7.01. The fourth-order valence-electron chi connectivity index (χ4n) is 3.87. The first-order valence-corrected chi connectivity index (χ1v) is 11.4. The van der Waals surface area contributed by atoms with Crippen molar-refractivity contribution in [1.82, 2.24) is 19.8 Å². The van der Waals surface area contributed by atoms with Gasteiger partial charge in [0.2, 0.25) is 0 Å². The molecule has 1 spiro atoms. The Morgan fingerprint density at radius 3 is 2.42 bits per heavy atom. The lowest BCUT2D eigenvalue weighted by atomic mass is 9.77. The molecule has 0 aliphatic carbocycles. The minimum atomic E-state index is -5.08. The standard InChI is InChI=1S/C17H22N4OS2.C2HF3O2/c1-12-18-8-14(24-12)9-21-7-5-17(21)4-3-6-20(11-17)16(22)15-10-23-13(2)19-15;3-2(4,5)1(6)7/h8,10H,3-7,9,11H2,1-2H3;(H,6,7). The van der Waals surface area contributed by atoms with Gasteiger partial charge >= 0.3 is 12.1 Å². The second-order valence-electron chi connectivity index (χ2n) is 7.63. The summed E-state index contributed by atoms with van der Waals surface area (Å²) in [4.78, 5) is 36.3. The van der Waals surface area contributed by atoms with Gasteiger partial charge < -0.3 is 10.0 Å². The molecule has 4 rings (SSSR count). The molecule has 1 amide bonds. The summed E-state index contributed by atoms with van der Waals surface area (Å²) in [5.41, 5.74) is 0.773. The molecule has 31 heavy (non-hydrogen) atoms. The fourth-order valence-corrected chi connectivity index (χ4v) is 5.27. The van der Waals surface area contributed by atoms with Crippen LogP contribution in [0.15, 0.2) is 11.6 Å². The third kappa shape index (κ3) is 5.60. The van der Waals surface area contributed by atoms with E-state index in [-0.39, 0.29) is 11.4 Å². The first-order valence-electron chi connectivity index (χ1n) is 9.68. The average Bonchev–Trinajstić information content (AvgIpc) is 3.32. The van der Waals surface area contributed by atoms with Gasteiger partial charge in [-0.1, -0.05) is 0 Å². The zero-order valence-corrected chi connectivity index (χ0v) is 18.7. The van der Waals surface area contributed by atoms with Crippen LogP contribution in [0.25, 0.3) is 0 Å². The summed E-state index contributed by atoms with van der Waals surface area (Å²) in [6.07, 6.45) is 0.359. The minimum Gasteiger partial charge on any atom is -0.475 e. The second kappa shape index (κ2) is 9.21. The van der Waals surface area contributed by atoms with Crippen LogP contribution in [-0.2, 0) is 11.3 Å². The number of carbonyl (C=O) groups is 2. The quantitative estimate of drug-likeness (QED) is 0.727. The Balaban J connectivity index is 0.000000339. The number of carboxylic acids is 1. The number of aromatic nitrogens is 2. The van der Waals surface area contributed by atoms with Crippen LogP contribution in [0, 0.1) is 13.8 Å². The van der Waals surface area contributed by atoms with Crippen LogP contribution in [0.1, 0.15) is 44.6 Å². The number of carboxylic acid groups (broad SMARTS) is 1. The summed E-state index contributed by atoms with van der Waals surface area (Å²) in [6, 6.07) is 0. The molecule has 1 unspecified atom stereocenters. The number of amides is 1. The number of thiazole rings is 2. The number of aryl methyl sites for hydroxylation is 2. The van der Waals surface area contributed by atoms with Gasteiger partial charge in [-0.25, -0.2) is 14.8 Å². The summed E-state index contributed by atoms with van der Waals surface area (Å²) in [7, 11) is 0. The van der Waals surface area contributed by atoms with E-state index in [1.165, 1.54) is 17.7 Å². The molecule has 1 N–H and O–H groups in total. The lowest BCUT2D eigenvalue weighted by Crippen LogP contribution is -2.66. The highest BCUT2D eigenvalue weighted by Crippen LogP contribution is 2.40. The maximum Gasteiger partial charge on any atom is 0.490 e. The zero-order chi connectivity index (χ0) is 22.8. The van der Waals surface area contributed by atoms with Gasteiger partial charge in [-0.3, -0.25) is 9.69 Å². The van der Waals surface area contributed by atoms with Crippen LogP contribution in [-0.4, -0.2) is 68.1 Å². The molecule has 2 fully saturated rings. The molecule has 2 saturated heterocycles. The van der Waals surface area contributed by atoms with E-state index in [1.54, 1.807) is 22.7 Å². The van der Waals surface area contributed by atoms with E-state index in [4.69, 9.17) is 9.90 Å². The molecule has 170 valence electrons. The second-order valence-corrected chi connectivity index (χ2v) is 10.0. The van der Waals surface area contributed by atoms with Crippen molar-refractivity contribution in [3.63, 3.8) is 0 Å². The monoisotopic (exact) mass is 476 g/mol. The molecule has 4 heterocycles. The molecule has 0 bridgehead atoms. The third-order valence-electron chi connectivity index (χ3n) is 5.46. The average molecular weight is 477 g/mol. The summed E-state index contributed by atoms with van der Waals surface area (Å²) >= 11 is 3.32. The maximum absolute atomic E-state index is 12.8. The highest BCUT2D eigenvalue weighted by atomic mass is 32.1. The summed E-state index contributed by atoms with van der Waals surface area (Å²) in [5.74, 6) is -2.66. The Morgan fingerprint density at radius 2 is 1.94 bits per heavy atom. The largest absolute Gasteiger partial charge is 0.490 e.